The Bertz CT molecular complexity index is 545. The summed E-state index contributed by atoms with van der Waals surface area (Å²) in [5, 5.41) is 7.18. The van der Waals surface area contributed by atoms with Gasteiger partial charge in [-0.1, -0.05) is 17.7 Å². The molecule has 8 heteroatoms. The molecule has 0 radical (unpaired) electrons. The van der Waals surface area contributed by atoms with Gasteiger partial charge in [-0.15, -0.1) is 10.2 Å². The molecule has 0 aromatic carbocycles. The highest BCUT2D eigenvalue weighted by Crippen LogP contribution is 2.29. The molecule has 2 aromatic rings. The van der Waals surface area contributed by atoms with Crippen molar-refractivity contribution in [1.29, 1.82) is 0 Å². The van der Waals surface area contributed by atoms with E-state index in [1.807, 2.05) is 0 Å². The summed E-state index contributed by atoms with van der Waals surface area (Å²) in [5.74, 6) is -0.215. The largest absolute Gasteiger partial charge is 0.433 e. The van der Waals surface area contributed by atoms with E-state index < -0.39 is 11.9 Å². The van der Waals surface area contributed by atoms with Crippen LogP contribution in [0.25, 0.3) is 0 Å². The Hall–Kier alpha value is -1.89. The van der Waals surface area contributed by atoms with E-state index >= 15 is 0 Å². The molecule has 0 unspecified atom stereocenters. The number of halogens is 4. The summed E-state index contributed by atoms with van der Waals surface area (Å²) in [6, 6.07) is 6.09. The number of alkyl halides is 3. The minimum absolute atomic E-state index is 0.00576. The van der Waals surface area contributed by atoms with Crippen LogP contribution in [-0.2, 0) is 6.18 Å². The van der Waals surface area contributed by atoms with Gasteiger partial charge in [-0.05, 0) is 12.1 Å². The zero-order chi connectivity index (χ0) is 13.2. The van der Waals surface area contributed by atoms with Crippen LogP contribution in [0.2, 0.25) is 5.15 Å². The molecule has 0 atom stereocenters. The Kier molecular flexibility index (Phi) is 3.33. The molecule has 4 nitrogen and oxygen atoms in total. The van der Waals surface area contributed by atoms with Crippen molar-refractivity contribution in [3.63, 3.8) is 0 Å². The molecule has 0 aliphatic heterocycles. The summed E-state index contributed by atoms with van der Waals surface area (Å²) in [6.45, 7) is 0. The van der Waals surface area contributed by atoms with Crippen molar-refractivity contribution in [2.75, 3.05) is 0 Å². The first kappa shape index (κ1) is 12.6. The Morgan fingerprint density at radius 2 is 1.78 bits per heavy atom. The van der Waals surface area contributed by atoms with E-state index in [0.29, 0.717) is 0 Å². The standard InChI is InChI=1S/C10H5ClF3N3O/c11-7-4-5-9(17-16-7)18-8-3-1-2-6(15-8)10(12,13)14/h1-5H. The molecule has 0 fully saturated rings. The molecule has 94 valence electrons. The van der Waals surface area contributed by atoms with Crippen molar-refractivity contribution in [3.8, 4) is 11.8 Å². The van der Waals surface area contributed by atoms with E-state index in [1.165, 1.54) is 24.3 Å². The predicted octanol–water partition coefficient (Wildman–Crippen LogP) is 3.34. The van der Waals surface area contributed by atoms with E-state index in [9.17, 15) is 13.2 Å². The minimum atomic E-state index is -4.52. The Balaban J connectivity index is 2.22. The third-order valence-electron chi connectivity index (χ3n) is 1.83. The fraction of sp³-hybridized carbons (Fsp3) is 0.100. The highest BCUT2D eigenvalue weighted by Gasteiger charge is 2.32. The number of hydrogen-bond acceptors (Lipinski definition) is 4. The topological polar surface area (TPSA) is 47.9 Å². The Labute approximate surface area is 104 Å². The Morgan fingerprint density at radius 1 is 1.00 bits per heavy atom. The summed E-state index contributed by atoms with van der Waals surface area (Å²) in [7, 11) is 0. The second-order valence-corrected chi connectivity index (χ2v) is 3.54. The van der Waals surface area contributed by atoms with Gasteiger partial charge >= 0.3 is 6.18 Å². The summed E-state index contributed by atoms with van der Waals surface area (Å²) >= 11 is 5.51. The minimum Gasteiger partial charge on any atom is -0.419 e. The van der Waals surface area contributed by atoms with Gasteiger partial charge in [0.15, 0.2) is 5.15 Å². The van der Waals surface area contributed by atoms with Crippen LogP contribution in [0, 0.1) is 0 Å². The molecule has 18 heavy (non-hydrogen) atoms. The molecule has 0 saturated heterocycles. The van der Waals surface area contributed by atoms with Gasteiger partial charge in [0.05, 0.1) is 0 Å². The quantitative estimate of drug-likeness (QED) is 0.843. The molecular weight excluding hydrogens is 271 g/mol. The van der Waals surface area contributed by atoms with E-state index in [2.05, 4.69) is 15.2 Å². The highest BCUT2D eigenvalue weighted by molar-refractivity contribution is 6.29. The van der Waals surface area contributed by atoms with E-state index in [0.717, 1.165) is 6.07 Å². The van der Waals surface area contributed by atoms with Crippen LogP contribution in [0.15, 0.2) is 30.3 Å². The lowest BCUT2D eigenvalue weighted by molar-refractivity contribution is -0.141. The number of hydrogen-bond donors (Lipinski definition) is 0. The van der Waals surface area contributed by atoms with Crippen LogP contribution in [0.5, 0.6) is 11.8 Å². The van der Waals surface area contributed by atoms with Gasteiger partial charge in [0.2, 0.25) is 11.8 Å². The maximum Gasteiger partial charge on any atom is 0.433 e. The Morgan fingerprint density at radius 3 is 2.39 bits per heavy atom. The highest BCUT2D eigenvalue weighted by atomic mass is 35.5. The van der Waals surface area contributed by atoms with Gasteiger partial charge in [-0.2, -0.15) is 13.2 Å². The lowest BCUT2D eigenvalue weighted by Gasteiger charge is -2.07. The fourth-order valence-corrected chi connectivity index (χ4v) is 1.20. The SMILES string of the molecule is FC(F)(F)c1cccc(Oc2ccc(Cl)nn2)n1. The van der Waals surface area contributed by atoms with Crippen molar-refractivity contribution in [1.82, 2.24) is 15.2 Å². The molecule has 0 aliphatic rings. The molecule has 0 amide bonds. The molecule has 2 heterocycles. The maximum atomic E-state index is 12.4. The third kappa shape index (κ3) is 3.07. The molecule has 0 spiro atoms. The number of nitrogens with zero attached hydrogens (tertiary/aromatic N) is 3. The number of aromatic nitrogens is 3. The first-order valence-electron chi connectivity index (χ1n) is 4.66. The lowest BCUT2D eigenvalue weighted by Crippen LogP contribution is -2.08. The third-order valence-corrected chi connectivity index (χ3v) is 2.03. The van der Waals surface area contributed by atoms with E-state index in [4.69, 9.17) is 16.3 Å². The molecule has 0 bridgehead atoms. The summed E-state index contributed by atoms with van der Waals surface area (Å²) in [6.07, 6.45) is -4.52. The maximum absolute atomic E-state index is 12.4. The first-order chi connectivity index (χ1) is 8.45. The molecular formula is C10H5ClF3N3O. The molecule has 0 N–H and O–H groups in total. The average Bonchev–Trinajstić information content (AvgIpc) is 2.31. The zero-order valence-corrected chi connectivity index (χ0v) is 9.40. The molecule has 0 aliphatic carbocycles. The molecule has 2 aromatic heterocycles. The van der Waals surface area contributed by atoms with Crippen molar-refractivity contribution in [2.24, 2.45) is 0 Å². The smallest absolute Gasteiger partial charge is 0.419 e. The van der Waals surface area contributed by atoms with Crippen molar-refractivity contribution in [3.05, 3.63) is 41.2 Å². The number of rotatable bonds is 2. The van der Waals surface area contributed by atoms with Crippen molar-refractivity contribution < 1.29 is 17.9 Å². The summed E-state index contributed by atoms with van der Waals surface area (Å²) in [5.41, 5.74) is -1.04. The summed E-state index contributed by atoms with van der Waals surface area (Å²) < 4.78 is 42.2. The second kappa shape index (κ2) is 4.77. The average molecular weight is 276 g/mol. The van der Waals surface area contributed by atoms with Crippen LogP contribution in [0.4, 0.5) is 13.2 Å². The second-order valence-electron chi connectivity index (χ2n) is 3.16. The van der Waals surface area contributed by atoms with Crippen molar-refractivity contribution in [2.45, 2.75) is 6.18 Å². The fourth-order valence-electron chi connectivity index (χ4n) is 1.09. The first-order valence-corrected chi connectivity index (χ1v) is 5.04. The van der Waals surface area contributed by atoms with Gasteiger partial charge in [0, 0.05) is 12.1 Å². The monoisotopic (exact) mass is 275 g/mol. The van der Waals surface area contributed by atoms with Gasteiger partial charge in [-0.25, -0.2) is 4.98 Å². The summed E-state index contributed by atoms with van der Waals surface area (Å²) in [4.78, 5) is 3.31. The normalized spacial score (nSPS) is 11.3. The van der Waals surface area contributed by atoms with Crippen LogP contribution in [0.3, 0.4) is 0 Å². The van der Waals surface area contributed by atoms with Gasteiger partial charge in [-0.3, -0.25) is 0 Å². The number of ether oxygens (including phenoxy) is 1. The molecule has 0 saturated carbocycles. The zero-order valence-electron chi connectivity index (χ0n) is 8.65. The van der Waals surface area contributed by atoms with Crippen molar-refractivity contribution >= 4 is 11.6 Å². The van der Waals surface area contributed by atoms with Crippen LogP contribution in [0.1, 0.15) is 5.69 Å². The van der Waals surface area contributed by atoms with E-state index in [-0.39, 0.29) is 16.9 Å². The van der Waals surface area contributed by atoms with E-state index in [1.54, 1.807) is 0 Å². The van der Waals surface area contributed by atoms with Gasteiger partial charge in [0.1, 0.15) is 5.69 Å². The van der Waals surface area contributed by atoms with Crippen LogP contribution >= 0.6 is 11.6 Å². The van der Waals surface area contributed by atoms with Gasteiger partial charge in [0.25, 0.3) is 0 Å². The predicted molar refractivity (Wildman–Crippen MR) is 56.4 cm³/mol. The lowest BCUT2D eigenvalue weighted by atomic mass is 10.3. The van der Waals surface area contributed by atoms with Gasteiger partial charge < -0.3 is 4.74 Å². The molecule has 2 rings (SSSR count). The van der Waals surface area contributed by atoms with Crippen LogP contribution < -0.4 is 4.74 Å². The number of pyridine rings is 1. The van der Waals surface area contributed by atoms with Crippen LogP contribution in [-0.4, -0.2) is 15.2 Å².